The zero-order valence-corrected chi connectivity index (χ0v) is 13.1. The van der Waals surface area contributed by atoms with E-state index in [9.17, 15) is 0 Å². The van der Waals surface area contributed by atoms with E-state index in [1.807, 2.05) is 0 Å². The van der Waals surface area contributed by atoms with Crippen LogP contribution in [0.3, 0.4) is 0 Å². The first-order valence-corrected chi connectivity index (χ1v) is 9.66. The topological polar surface area (TPSA) is 0 Å². The van der Waals surface area contributed by atoms with Crippen LogP contribution in [0.25, 0.3) is 0 Å². The van der Waals surface area contributed by atoms with Crippen molar-refractivity contribution in [2.45, 2.75) is 0 Å². The van der Waals surface area contributed by atoms with Gasteiger partial charge in [-0.1, -0.05) is 0 Å². The molecule has 0 nitrogen and oxygen atoms in total. The Morgan fingerprint density at radius 2 is 1.43 bits per heavy atom. The summed E-state index contributed by atoms with van der Waals surface area (Å²) >= 11 is 0.609. The molecule has 0 N–H and O–H groups in total. The van der Waals surface area contributed by atoms with Crippen LogP contribution < -0.4 is 0 Å². The molecule has 0 atom stereocenters. The van der Waals surface area contributed by atoms with Crippen LogP contribution in [-0.2, 0) is 90.6 Å². The molecule has 0 aliphatic rings. The Kier molecular flexibility index (Phi) is 159. The van der Waals surface area contributed by atoms with E-state index in [2.05, 4.69) is 6.11 Å². The van der Waals surface area contributed by atoms with E-state index in [0.717, 1.165) is 0 Å². The van der Waals surface area contributed by atoms with Crippen molar-refractivity contribution < 1.29 is 90.6 Å². The molecule has 0 spiro atoms. The van der Waals surface area contributed by atoms with Gasteiger partial charge in [0.05, 0.1) is 0 Å². The van der Waals surface area contributed by atoms with E-state index in [1.165, 1.54) is 8.21 Å². The quantitative estimate of drug-likeness (QED) is 0.401. The summed E-state index contributed by atoms with van der Waals surface area (Å²) in [4.78, 5) is 0. The van der Waals surface area contributed by atoms with E-state index in [1.54, 1.807) is 0 Å². The molecule has 0 saturated heterocycles. The Balaban J connectivity index is -0.00000000333. The van der Waals surface area contributed by atoms with Crippen LogP contribution in [0.4, 0.5) is 0 Å². The van der Waals surface area contributed by atoms with Crippen LogP contribution in [-0.4, -0.2) is 14.3 Å². The third kappa shape index (κ3) is 46.1. The van der Waals surface area contributed by atoms with Gasteiger partial charge in [0.2, 0.25) is 0 Å². The predicted octanol–water partition coefficient (Wildman–Crippen LogP) is -2.11. The zero-order chi connectivity index (χ0) is 2.71. The van der Waals surface area contributed by atoms with Crippen molar-refractivity contribution in [2.24, 2.45) is 0 Å². The van der Waals surface area contributed by atoms with Gasteiger partial charge < -0.3 is 0 Å². The van der Waals surface area contributed by atoms with Gasteiger partial charge in [0, 0.05) is 73.0 Å². The standard InChI is InChI=1S/BH2.Cu.Fe.Mo.Nb.Ni.H3Si/h1H2;;;;;;1H3/q+1;;;-1;;;. The van der Waals surface area contributed by atoms with Crippen LogP contribution in [0.2, 0.25) is 0 Å². The molecule has 0 aliphatic heterocycles. The summed E-state index contributed by atoms with van der Waals surface area (Å²) in [6, 6.07) is 0. The molecule has 0 aromatic carbocycles. The minimum Gasteiger partial charge on any atom is 0 e. The van der Waals surface area contributed by atoms with E-state index in [4.69, 9.17) is 0 Å². The Hall–Kier alpha value is 3.24. The molecule has 0 fully saturated rings. The van der Waals surface area contributed by atoms with Crippen molar-refractivity contribution in [3.05, 3.63) is 0 Å². The van der Waals surface area contributed by atoms with Crippen LogP contribution in [0.15, 0.2) is 0 Å². The SMILES string of the molecule is [BH2][Mo][SiH3].[Cu].[Fe].[Nb].[Ni]. The molecule has 0 heterocycles. The maximum absolute atomic E-state index is 2.32. The first-order valence-electron chi connectivity index (χ1n) is 0.816. The minimum absolute atomic E-state index is 0. The normalized spacial score (nSPS) is 2.86. The van der Waals surface area contributed by atoms with Gasteiger partial charge in [-0.3, -0.25) is 0 Å². The van der Waals surface area contributed by atoms with Crippen molar-refractivity contribution in [1.82, 2.24) is 0 Å². The largest absolute Gasteiger partial charge is 0 e. The smallest absolute Gasteiger partial charge is 0 e. The van der Waals surface area contributed by atoms with Gasteiger partial charge in [-0.05, 0) is 0 Å². The van der Waals surface area contributed by atoms with Gasteiger partial charge in [-0.25, -0.2) is 0 Å². The zero-order valence-electron chi connectivity index (χ0n) is 3.83. The summed E-state index contributed by atoms with van der Waals surface area (Å²) in [6.45, 7) is 0. The molecule has 0 amide bonds. The molecule has 2 radical (unpaired) electrons. The molecule has 0 aromatic rings. The maximum atomic E-state index is 2.32. The van der Waals surface area contributed by atoms with Gasteiger partial charge in [0.25, 0.3) is 0 Å². The van der Waals surface area contributed by atoms with Crippen molar-refractivity contribution >= 4 is 14.3 Å². The van der Waals surface area contributed by atoms with Gasteiger partial charge in [-0.2, -0.15) is 0 Å². The average molecular weight is 411 g/mol. The molecule has 0 aliphatic carbocycles. The van der Waals surface area contributed by atoms with Crippen molar-refractivity contribution in [2.75, 3.05) is 0 Å². The number of hydrogen-bond acceptors (Lipinski definition) is 0. The number of hydrogen-bond donors (Lipinski definition) is 0. The second-order valence-corrected chi connectivity index (χ2v) is 7.25. The molecule has 0 bridgehead atoms. The summed E-state index contributed by atoms with van der Waals surface area (Å²) in [6.07, 6.45) is 2.32. The van der Waals surface area contributed by atoms with Crippen molar-refractivity contribution in [1.29, 1.82) is 0 Å². The molecule has 0 aromatic heterocycles. The molecule has 7 heteroatoms. The van der Waals surface area contributed by atoms with Gasteiger partial charge in [0.15, 0.2) is 0 Å². The molecule has 52 valence electrons. The van der Waals surface area contributed by atoms with Gasteiger partial charge in [-0.15, -0.1) is 0 Å². The van der Waals surface area contributed by atoms with Gasteiger partial charge >= 0.3 is 32.0 Å². The summed E-state index contributed by atoms with van der Waals surface area (Å²) < 4.78 is 0. The molecule has 0 saturated carbocycles. The van der Waals surface area contributed by atoms with Gasteiger partial charge in [0.1, 0.15) is 0 Å². The monoisotopic (exact) mass is 412 g/mol. The van der Waals surface area contributed by atoms with E-state index < -0.39 is 0 Å². The van der Waals surface area contributed by atoms with Crippen molar-refractivity contribution in [3.63, 3.8) is 0 Å². The Labute approximate surface area is 103 Å². The third-order valence-corrected chi connectivity index (χ3v) is 0. The van der Waals surface area contributed by atoms with Crippen molar-refractivity contribution in [3.8, 4) is 0 Å². The fourth-order valence-corrected chi connectivity index (χ4v) is 0. The summed E-state index contributed by atoms with van der Waals surface area (Å²) in [5.41, 5.74) is 0. The molecular weight excluding hydrogens is 406 g/mol. The summed E-state index contributed by atoms with van der Waals surface area (Å²) in [5, 5.41) is 0. The van der Waals surface area contributed by atoms with Crippen LogP contribution in [0, 0.1) is 0 Å². The molecular formula is H5BCuFeMoNbNiSi. The van der Waals surface area contributed by atoms with Crippen LogP contribution >= 0.6 is 0 Å². The van der Waals surface area contributed by atoms with Crippen LogP contribution in [0.5, 0.6) is 0 Å². The molecule has 0 rings (SSSR count). The predicted molar refractivity (Wildman–Crippen MR) is 18.5 cm³/mol. The molecule has 0 unspecified atom stereocenters. The van der Waals surface area contributed by atoms with E-state index in [-0.39, 0.29) is 73.0 Å². The second kappa shape index (κ2) is 34.9. The fraction of sp³-hybridized carbons (Fsp3) is 0. The maximum Gasteiger partial charge on any atom is 0 e. The first kappa shape index (κ1) is 31.8. The summed E-state index contributed by atoms with van der Waals surface area (Å²) in [7, 11) is 1.50. The third-order valence-electron chi connectivity index (χ3n) is 0. The molecule has 7 heavy (non-hydrogen) atoms. The minimum atomic E-state index is 0. The van der Waals surface area contributed by atoms with Crippen LogP contribution in [0.1, 0.15) is 0 Å². The Morgan fingerprint density at radius 1 is 1.43 bits per heavy atom. The number of rotatable bonds is 0. The van der Waals surface area contributed by atoms with E-state index in [0.29, 0.717) is 17.6 Å². The first-order chi connectivity index (χ1) is 1.41. The summed E-state index contributed by atoms with van der Waals surface area (Å²) in [5.74, 6) is 0. The second-order valence-electron chi connectivity index (χ2n) is 0.408. The van der Waals surface area contributed by atoms with E-state index >= 15 is 0 Å². The fourth-order valence-electron chi connectivity index (χ4n) is 0. The Morgan fingerprint density at radius 3 is 1.43 bits per heavy atom. The Bertz CT molecular complexity index is 19.7. The average Bonchev–Trinajstić information content (AvgIpc) is 0.918.